The van der Waals surface area contributed by atoms with Gasteiger partial charge in [0.15, 0.2) is 18.4 Å². The summed E-state index contributed by atoms with van der Waals surface area (Å²) in [5.74, 6) is -0.846. The number of fused-ring (bicyclic) bond motifs is 2. The van der Waals surface area contributed by atoms with Crippen LogP contribution in [0.25, 0.3) is 0 Å². The van der Waals surface area contributed by atoms with Crippen molar-refractivity contribution in [2.24, 2.45) is 0 Å². The third-order valence-electron chi connectivity index (χ3n) is 9.02. The normalized spacial score (nSPS) is 34.9. The highest BCUT2D eigenvalue weighted by atomic mass is 16.8. The molecule has 4 saturated heterocycles. The molecule has 3 aromatic carbocycles. The van der Waals surface area contributed by atoms with Crippen LogP contribution in [0.3, 0.4) is 0 Å². The summed E-state index contributed by atoms with van der Waals surface area (Å²) in [6.45, 7) is 6.63. The highest BCUT2D eigenvalue weighted by Gasteiger charge is 2.58. The number of benzene rings is 3. The van der Waals surface area contributed by atoms with Gasteiger partial charge < -0.3 is 47.2 Å². The summed E-state index contributed by atoms with van der Waals surface area (Å²) in [5, 5.41) is 0. The molecule has 4 fully saturated rings. The number of hydrogen-bond donors (Lipinski definition) is 0. The van der Waals surface area contributed by atoms with E-state index in [1.807, 2.05) is 112 Å². The minimum atomic E-state index is -0.871. The minimum absolute atomic E-state index is 0.280. The maximum atomic E-state index is 6.86. The molecule has 0 N–H and O–H groups in total. The van der Waals surface area contributed by atoms with E-state index in [1.54, 1.807) is 7.11 Å². The van der Waals surface area contributed by atoms with Crippen molar-refractivity contribution in [2.45, 2.75) is 101 Å². The Morgan fingerprint density at radius 1 is 0.702 bits per heavy atom. The standard InChI is InChI=1S/C36H43BO10/c1-23-28(31-33(34(38-4)42-23)46-36(2,3)45-31)44-35-32(40-21-25-16-10-6-11-17-25)30(39-20-24-14-8-5-9-15-24)29-27(43-35)22-41-37(47-29)26-18-12-7-13-19-26/h5-19,23,27-35H,20-22H2,1-4H3/t23-,27+,28-,29-,30-,31+,32+,33+,34+,35?/m0/s1. The maximum Gasteiger partial charge on any atom is 0.494 e. The van der Waals surface area contributed by atoms with Crippen molar-refractivity contribution < 1.29 is 47.2 Å². The molecule has 0 bridgehead atoms. The molecule has 10 nitrogen and oxygen atoms in total. The van der Waals surface area contributed by atoms with Crippen molar-refractivity contribution in [2.75, 3.05) is 13.7 Å². The smallest absolute Gasteiger partial charge is 0.404 e. The molecular formula is C36H43BO10. The van der Waals surface area contributed by atoms with Crippen LogP contribution in [0.4, 0.5) is 0 Å². The Hall–Kier alpha value is -2.68. The van der Waals surface area contributed by atoms with Gasteiger partial charge in [-0.25, -0.2) is 0 Å². The van der Waals surface area contributed by atoms with Crippen LogP contribution in [0.2, 0.25) is 0 Å². The lowest BCUT2D eigenvalue weighted by molar-refractivity contribution is -0.356. The minimum Gasteiger partial charge on any atom is -0.404 e. The molecule has 0 aliphatic carbocycles. The number of ether oxygens (including phenoxy) is 8. The molecule has 7 rings (SSSR count). The highest BCUT2D eigenvalue weighted by molar-refractivity contribution is 6.61. The van der Waals surface area contributed by atoms with E-state index in [4.69, 9.17) is 47.2 Å². The van der Waals surface area contributed by atoms with Gasteiger partial charge in [-0.3, -0.25) is 0 Å². The summed E-state index contributed by atoms with van der Waals surface area (Å²) in [4.78, 5) is 0. The summed E-state index contributed by atoms with van der Waals surface area (Å²) in [6, 6.07) is 29.9. The third kappa shape index (κ3) is 7.35. The lowest BCUT2D eigenvalue weighted by Gasteiger charge is -2.50. The van der Waals surface area contributed by atoms with E-state index in [-0.39, 0.29) is 6.61 Å². The zero-order chi connectivity index (χ0) is 32.4. The summed E-state index contributed by atoms with van der Waals surface area (Å²) < 4.78 is 64.4. The fraction of sp³-hybridized carbons (Fsp3) is 0.500. The van der Waals surface area contributed by atoms with E-state index < -0.39 is 74.3 Å². The van der Waals surface area contributed by atoms with Gasteiger partial charge in [0.25, 0.3) is 0 Å². The van der Waals surface area contributed by atoms with Crippen molar-refractivity contribution in [3.63, 3.8) is 0 Å². The van der Waals surface area contributed by atoms with Gasteiger partial charge in [-0.1, -0.05) is 91.0 Å². The average molecular weight is 647 g/mol. The number of methoxy groups -OCH3 is 1. The first-order chi connectivity index (χ1) is 22.9. The predicted molar refractivity (Wildman–Crippen MR) is 171 cm³/mol. The molecule has 0 aromatic heterocycles. The molecule has 250 valence electrons. The second-order valence-corrected chi connectivity index (χ2v) is 12.9. The molecule has 4 aliphatic rings. The molecule has 47 heavy (non-hydrogen) atoms. The zero-order valence-corrected chi connectivity index (χ0v) is 27.2. The van der Waals surface area contributed by atoms with Gasteiger partial charge in [-0.05, 0) is 37.4 Å². The van der Waals surface area contributed by atoms with E-state index in [9.17, 15) is 0 Å². The highest BCUT2D eigenvalue weighted by Crippen LogP contribution is 2.41. The predicted octanol–water partition coefficient (Wildman–Crippen LogP) is 3.99. The molecule has 0 amide bonds. The van der Waals surface area contributed by atoms with Crippen LogP contribution in [-0.4, -0.2) is 88.0 Å². The monoisotopic (exact) mass is 646 g/mol. The molecule has 0 saturated carbocycles. The van der Waals surface area contributed by atoms with E-state index in [1.165, 1.54) is 0 Å². The molecular weight excluding hydrogens is 603 g/mol. The van der Waals surface area contributed by atoms with Crippen LogP contribution in [0, 0.1) is 0 Å². The SMILES string of the molecule is CO[C@@H]1O[C@@H](C)[C@H](OC2O[C@@H]3COB(c4ccccc4)O[C@@H]3[C@H](OCc3ccccc3)[C@H]2OCc2ccccc2)[C@H]2OC(C)(C)O[C@@H]12. The van der Waals surface area contributed by atoms with E-state index in [2.05, 4.69) is 0 Å². The first kappa shape index (κ1) is 32.9. The van der Waals surface area contributed by atoms with E-state index >= 15 is 0 Å². The van der Waals surface area contributed by atoms with E-state index in [0.717, 1.165) is 16.6 Å². The van der Waals surface area contributed by atoms with Gasteiger partial charge in [0.1, 0.15) is 42.7 Å². The maximum absolute atomic E-state index is 6.86. The molecule has 4 aliphatic heterocycles. The van der Waals surface area contributed by atoms with Gasteiger partial charge in [0.05, 0.1) is 25.9 Å². The summed E-state index contributed by atoms with van der Waals surface area (Å²) >= 11 is 0. The van der Waals surface area contributed by atoms with Gasteiger partial charge in [-0.2, -0.15) is 0 Å². The fourth-order valence-electron chi connectivity index (χ4n) is 6.78. The Balaban J connectivity index is 1.20. The summed E-state index contributed by atoms with van der Waals surface area (Å²) in [7, 11) is 1.02. The second-order valence-electron chi connectivity index (χ2n) is 12.9. The zero-order valence-electron chi connectivity index (χ0n) is 27.2. The third-order valence-corrected chi connectivity index (χ3v) is 9.02. The van der Waals surface area contributed by atoms with Gasteiger partial charge in [-0.15, -0.1) is 0 Å². The Morgan fingerprint density at radius 2 is 1.30 bits per heavy atom. The molecule has 4 heterocycles. The molecule has 3 aromatic rings. The molecule has 10 atom stereocenters. The number of rotatable bonds is 10. The Bertz CT molecular complexity index is 1420. The van der Waals surface area contributed by atoms with Crippen LogP contribution >= 0.6 is 0 Å². The lowest BCUT2D eigenvalue weighted by Crippen LogP contribution is -2.68. The van der Waals surface area contributed by atoms with Crippen LogP contribution in [-0.2, 0) is 60.4 Å². The fourth-order valence-corrected chi connectivity index (χ4v) is 6.78. The molecule has 11 heteroatoms. The summed E-state index contributed by atoms with van der Waals surface area (Å²) in [5.41, 5.74) is 2.96. The second kappa shape index (κ2) is 14.4. The van der Waals surface area contributed by atoms with Crippen LogP contribution in [0.5, 0.6) is 0 Å². The van der Waals surface area contributed by atoms with Gasteiger partial charge in [0, 0.05) is 7.11 Å². The van der Waals surface area contributed by atoms with Crippen molar-refractivity contribution in [3.8, 4) is 0 Å². The van der Waals surface area contributed by atoms with Crippen molar-refractivity contribution in [1.29, 1.82) is 0 Å². The Morgan fingerprint density at radius 3 is 1.94 bits per heavy atom. The average Bonchev–Trinajstić information content (AvgIpc) is 3.43. The van der Waals surface area contributed by atoms with Crippen LogP contribution in [0.15, 0.2) is 91.0 Å². The van der Waals surface area contributed by atoms with Crippen LogP contribution < -0.4 is 5.46 Å². The van der Waals surface area contributed by atoms with Crippen molar-refractivity contribution in [3.05, 3.63) is 102 Å². The first-order valence-corrected chi connectivity index (χ1v) is 16.4. The van der Waals surface area contributed by atoms with Gasteiger partial charge >= 0.3 is 7.12 Å². The molecule has 0 radical (unpaired) electrons. The van der Waals surface area contributed by atoms with Crippen molar-refractivity contribution >= 4 is 12.6 Å². The largest absolute Gasteiger partial charge is 0.494 e. The topological polar surface area (TPSA) is 92.3 Å². The first-order valence-electron chi connectivity index (χ1n) is 16.4. The Labute approximate surface area is 276 Å². The molecule has 0 spiro atoms. The Kier molecular flexibility index (Phi) is 10.1. The quantitative estimate of drug-likeness (QED) is 0.301. The number of hydrogen-bond acceptors (Lipinski definition) is 10. The van der Waals surface area contributed by atoms with Crippen LogP contribution in [0.1, 0.15) is 31.9 Å². The summed E-state index contributed by atoms with van der Waals surface area (Å²) in [6.07, 6.45) is -5.65. The van der Waals surface area contributed by atoms with Crippen molar-refractivity contribution in [1.82, 2.24) is 0 Å². The molecule has 1 unspecified atom stereocenters. The van der Waals surface area contributed by atoms with Gasteiger partial charge in [0.2, 0.25) is 0 Å². The van der Waals surface area contributed by atoms with E-state index in [0.29, 0.717) is 13.2 Å². The lowest BCUT2D eigenvalue weighted by atomic mass is 9.76.